The number of carboxylic acid groups (broad SMARTS) is 1. The molecule has 7 nitrogen and oxygen atoms in total. The van der Waals surface area contributed by atoms with Crippen molar-refractivity contribution in [3.05, 3.63) is 69.7 Å². The minimum absolute atomic E-state index is 0.0221. The Labute approximate surface area is 239 Å². The number of nitrogens with one attached hydrogen (secondary N) is 1. The first kappa shape index (κ1) is 28.4. The van der Waals surface area contributed by atoms with Crippen molar-refractivity contribution in [2.24, 2.45) is 11.3 Å². The number of benzene rings is 2. The average Bonchev–Trinajstić information content (AvgIpc) is 3.68. The van der Waals surface area contributed by atoms with Gasteiger partial charge in [0.15, 0.2) is 0 Å². The number of carbonyl (C=O) groups is 2. The Bertz CT molecular complexity index is 1340. The van der Waals surface area contributed by atoms with Crippen molar-refractivity contribution in [1.82, 2.24) is 9.62 Å². The van der Waals surface area contributed by atoms with Crippen LogP contribution in [0.25, 0.3) is 0 Å². The fraction of sp³-hybridized carbons (Fsp3) is 0.517. The summed E-state index contributed by atoms with van der Waals surface area (Å²) < 4.78 is 29.6. The van der Waals surface area contributed by atoms with Crippen LogP contribution in [0.4, 0.5) is 0 Å². The molecule has 2 saturated carbocycles. The molecule has 10 heteroatoms. The van der Waals surface area contributed by atoms with Crippen LogP contribution in [-0.2, 0) is 19.6 Å². The number of nitrogens with zero attached hydrogens (tertiary/aromatic N) is 1. The number of amides is 1. The topological polar surface area (TPSA) is 104 Å². The Morgan fingerprint density at radius 1 is 1.08 bits per heavy atom. The molecule has 1 aliphatic heterocycles. The van der Waals surface area contributed by atoms with Crippen LogP contribution in [0.1, 0.15) is 75.0 Å². The third-order valence-corrected chi connectivity index (χ3v) is 10.5. The van der Waals surface area contributed by atoms with E-state index in [0.717, 1.165) is 43.2 Å². The van der Waals surface area contributed by atoms with Gasteiger partial charge >= 0.3 is 5.97 Å². The number of piperidine rings is 1. The van der Waals surface area contributed by atoms with Gasteiger partial charge in [0.2, 0.25) is 15.9 Å². The molecule has 1 saturated heterocycles. The SMILES string of the molecule is C[C@]1(CC(=O)O)C[C@H](c2cccc(Cl)c2)[C@@H](c2ccc(Cl)cc2)N([C@H](CS(=O)(=O)NC2CCC2)C2CC2)C1=O. The lowest BCUT2D eigenvalue weighted by Gasteiger charge is -2.52. The maximum atomic E-state index is 14.4. The van der Waals surface area contributed by atoms with Gasteiger partial charge in [0.05, 0.1) is 29.7 Å². The number of sulfonamides is 1. The van der Waals surface area contributed by atoms with E-state index in [9.17, 15) is 23.1 Å². The Morgan fingerprint density at radius 2 is 1.77 bits per heavy atom. The van der Waals surface area contributed by atoms with Gasteiger partial charge in [-0.1, -0.05) is 60.8 Å². The first-order chi connectivity index (χ1) is 18.5. The predicted octanol–water partition coefficient (Wildman–Crippen LogP) is 5.78. The third kappa shape index (κ3) is 6.29. The van der Waals surface area contributed by atoms with Crippen molar-refractivity contribution < 1.29 is 23.1 Å². The molecule has 2 aromatic rings. The number of hydrogen-bond donors (Lipinski definition) is 2. The molecule has 3 aliphatic rings. The van der Waals surface area contributed by atoms with Crippen LogP contribution in [0.5, 0.6) is 0 Å². The number of halogens is 2. The maximum absolute atomic E-state index is 14.4. The Kier molecular flexibility index (Phi) is 8.04. The normalized spacial score (nSPS) is 26.7. The van der Waals surface area contributed by atoms with Crippen molar-refractivity contribution >= 4 is 45.1 Å². The largest absolute Gasteiger partial charge is 0.481 e. The second kappa shape index (κ2) is 11.0. The standard InChI is InChI=1S/C29H34Cl2N2O5S/c1-29(16-26(34)35)15-24(20-4-2-5-22(31)14-20)27(19-10-12-21(30)13-11-19)33(28(29)36)25(18-8-9-18)17-39(37,38)32-23-6-3-7-23/h2,4-5,10-14,18,23-25,27,32H,3,6-9,15-17H2,1H3,(H,34,35)/t24-,25-,27-,29-/m1/s1. The van der Waals surface area contributed by atoms with E-state index in [4.69, 9.17) is 23.2 Å². The summed E-state index contributed by atoms with van der Waals surface area (Å²) in [6.07, 6.45) is 4.20. The highest BCUT2D eigenvalue weighted by molar-refractivity contribution is 7.89. The molecular weight excluding hydrogens is 559 g/mol. The van der Waals surface area contributed by atoms with Crippen molar-refractivity contribution in [1.29, 1.82) is 0 Å². The molecule has 0 aromatic heterocycles. The number of hydrogen-bond acceptors (Lipinski definition) is 4. The van der Waals surface area contributed by atoms with Gasteiger partial charge in [-0.3, -0.25) is 9.59 Å². The van der Waals surface area contributed by atoms with Gasteiger partial charge in [-0.2, -0.15) is 0 Å². The summed E-state index contributed by atoms with van der Waals surface area (Å²) in [6, 6.07) is 13.5. The smallest absolute Gasteiger partial charge is 0.304 e. The van der Waals surface area contributed by atoms with E-state index in [0.29, 0.717) is 10.0 Å². The van der Waals surface area contributed by atoms with Crippen LogP contribution in [0.3, 0.4) is 0 Å². The second-order valence-electron chi connectivity index (χ2n) is 11.6. The summed E-state index contributed by atoms with van der Waals surface area (Å²) in [7, 11) is -3.68. The fourth-order valence-corrected chi connectivity index (χ4v) is 8.27. The van der Waals surface area contributed by atoms with Gasteiger partial charge < -0.3 is 10.0 Å². The summed E-state index contributed by atoms with van der Waals surface area (Å²) in [5.41, 5.74) is 0.478. The molecule has 2 N–H and O–H groups in total. The first-order valence-corrected chi connectivity index (χ1v) is 15.9. The van der Waals surface area contributed by atoms with Gasteiger partial charge in [0.1, 0.15) is 0 Å². The molecule has 1 amide bonds. The van der Waals surface area contributed by atoms with E-state index in [1.807, 2.05) is 30.3 Å². The summed E-state index contributed by atoms with van der Waals surface area (Å²) in [6.45, 7) is 1.69. The maximum Gasteiger partial charge on any atom is 0.304 e. The molecule has 0 bridgehead atoms. The number of likely N-dealkylation sites (tertiary alicyclic amines) is 1. The highest BCUT2D eigenvalue weighted by Crippen LogP contribution is 2.54. The molecule has 210 valence electrons. The lowest BCUT2D eigenvalue weighted by Crippen LogP contribution is -2.59. The van der Waals surface area contributed by atoms with Gasteiger partial charge in [-0.15, -0.1) is 0 Å². The van der Waals surface area contributed by atoms with Crippen LogP contribution in [0.15, 0.2) is 48.5 Å². The molecule has 5 rings (SSSR count). The molecule has 39 heavy (non-hydrogen) atoms. The minimum atomic E-state index is -3.68. The zero-order valence-electron chi connectivity index (χ0n) is 21.9. The van der Waals surface area contributed by atoms with Gasteiger partial charge in [0, 0.05) is 22.0 Å². The van der Waals surface area contributed by atoms with Crippen LogP contribution < -0.4 is 4.72 Å². The van der Waals surface area contributed by atoms with Gasteiger partial charge in [-0.25, -0.2) is 13.1 Å². The summed E-state index contributed by atoms with van der Waals surface area (Å²) in [4.78, 5) is 28.1. The number of rotatable bonds is 10. The number of carboxylic acids is 1. The molecular formula is C29H34Cl2N2O5S. The summed E-state index contributed by atoms with van der Waals surface area (Å²) >= 11 is 12.6. The van der Waals surface area contributed by atoms with E-state index in [-0.39, 0.29) is 42.4 Å². The molecule has 2 aromatic carbocycles. The van der Waals surface area contributed by atoms with E-state index in [1.54, 1.807) is 30.0 Å². The first-order valence-electron chi connectivity index (χ1n) is 13.5. The molecule has 1 heterocycles. The predicted molar refractivity (Wildman–Crippen MR) is 151 cm³/mol. The van der Waals surface area contributed by atoms with Gasteiger partial charge in [0.25, 0.3) is 0 Å². The van der Waals surface area contributed by atoms with Gasteiger partial charge in [-0.05, 0) is 73.4 Å². The zero-order valence-corrected chi connectivity index (χ0v) is 24.2. The molecule has 0 unspecified atom stereocenters. The Morgan fingerprint density at radius 3 is 2.33 bits per heavy atom. The summed E-state index contributed by atoms with van der Waals surface area (Å²) in [5.74, 6) is -1.89. The van der Waals surface area contributed by atoms with E-state index < -0.39 is 33.5 Å². The molecule has 0 radical (unpaired) electrons. The second-order valence-corrected chi connectivity index (χ2v) is 14.3. The quantitative estimate of drug-likeness (QED) is 0.364. The number of carbonyl (C=O) groups excluding carboxylic acids is 1. The molecule has 3 fully saturated rings. The minimum Gasteiger partial charge on any atom is -0.481 e. The van der Waals surface area contributed by atoms with Crippen molar-refractivity contribution in [3.8, 4) is 0 Å². The highest BCUT2D eigenvalue weighted by Gasteiger charge is 2.55. The van der Waals surface area contributed by atoms with E-state index in [1.165, 1.54) is 0 Å². The highest BCUT2D eigenvalue weighted by atomic mass is 35.5. The Balaban J connectivity index is 1.64. The van der Waals surface area contributed by atoms with E-state index in [2.05, 4.69) is 4.72 Å². The molecule has 2 aliphatic carbocycles. The lowest BCUT2D eigenvalue weighted by molar-refractivity contribution is -0.160. The van der Waals surface area contributed by atoms with Crippen LogP contribution in [0, 0.1) is 11.3 Å². The van der Waals surface area contributed by atoms with Crippen molar-refractivity contribution in [2.75, 3.05) is 5.75 Å². The summed E-state index contributed by atoms with van der Waals surface area (Å²) in [5, 5.41) is 10.9. The zero-order chi connectivity index (χ0) is 27.9. The fourth-order valence-electron chi connectivity index (χ4n) is 6.22. The van der Waals surface area contributed by atoms with E-state index >= 15 is 0 Å². The van der Waals surface area contributed by atoms with Crippen molar-refractivity contribution in [3.63, 3.8) is 0 Å². The lowest BCUT2D eigenvalue weighted by atomic mass is 9.67. The average molecular weight is 594 g/mol. The van der Waals surface area contributed by atoms with Crippen LogP contribution in [0.2, 0.25) is 10.0 Å². The monoisotopic (exact) mass is 592 g/mol. The Hall–Kier alpha value is -2.13. The number of aliphatic carboxylic acids is 1. The van der Waals surface area contributed by atoms with Crippen LogP contribution >= 0.6 is 23.2 Å². The third-order valence-electron chi connectivity index (χ3n) is 8.50. The molecule has 0 spiro atoms. The molecule has 4 atom stereocenters. The van der Waals surface area contributed by atoms with Crippen LogP contribution in [-0.4, -0.2) is 48.1 Å². The van der Waals surface area contributed by atoms with Crippen molar-refractivity contribution in [2.45, 2.75) is 75.9 Å².